The average Bonchev–Trinajstić information content (AvgIpc) is 3.15. The molecule has 2 saturated heterocycles. The zero-order valence-corrected chi connectivity index (χ0v) is 21.0. The number of aromatic nitrogens is 1. The molecule has 3 amide bonds. The SMILES string of the molecule is Cc1ccccc1[C@]1(CC(=O)N2CCC(O)(c3cccnc3)CC2)CC(=O)N(Cc2ccccc2)C1=O. The van der Waals surface area contributed by atoms with Gasteiger partial charge in [-0.25, -0.2) is 0 Å². The van der Waals surface area contributed by atoms with Gasteiger partial charge < -0.3 is 10.0 Å². The lowest BCUT2D eigenvalue weighted by Gasteiger charge is -2.39. The number of aliphatic hydroxyl groups is 1. The van der Waals surface area contributed by atoms with E-state index in [1.807, 2.05) is 67.6 Å². The van der Waals surface area contributed by atoms with Crippen LogP contribution in [-0.2, 0) is 31.9 Å². The third-order valence-electron chi connectivity index (χ3n) is 7.85. The van der Waals surface area contributed by atoms with E-state index in [1.54, 1.807) is 23.4 Å². The number of pyridine rings is 1. The van der Waals surface area contributed by atoms with Crippen molar-refractivity contribution in [3.05, 3.63) is 101 Å². The van der Waals surface area contributed by atoms with Crippen LogP contribution < -0.4 is 0 Å². The van der Waals surface area contributed by atoms with Gasteiger partial charge in [0.15, 0.2) is 0 Å². The van der Waals surface area contributed by atoms with Crippen LogP contribution in [0.5, 0.6) is 0 Å². The first-order valence-electron chi connectivity index (χ1n) is 12.7. The first-order valence-corrected chi connectivity index (χ1v) is 12.7. The number of hydrogen-bond acceptors (Lipinski definition) is 5. The van der Waals surface area contributed by atoms with Crippen LogP contribution in [0.1, 0.15) is 47.9 Å². The van der Waals surface area contributed by atoms with E-state index in [0.717, 1.165) is 22.3 Å². The van der Waals surface area contributed by atoms with E-state index < -0.39 is 11.0 Å². The Balaban J connectivity index is 1.39. The van der Waals surface area contributed by atoms with Gasteiger partial charge in [0, 0.05) is 43.9 Å². The Bertz CT molecular complexity index is 1300. The summed E-state index contributed by atoms with van der Waals surface area (Å²) < 4.78 is 0. The molecule has 37 heavy (non-hydrogen) atoms. The molecule has 3 aromatic rings. The van der Waals surface area contributed by atoms with Gasteiger partial charge >= 0.3 is 0 Å². The van der Waals surface area contributed by atoms with Gasteiger partial charge in [0.05, 0.1) is 17.6 Å². The molecule has 190 valence electrons. The highest BCUT2D eigenvalue weighted by atomic mass is 16.3. The summed E-state index contributed by atoms with van der Waals surface area (Å²) >= 11 is 0. The standard InChI is InChI=1S/C30H31N3O4/c1-22-8-5-6-12-25(22)29(19-27(35)33(28(29)36)21-23-9-3-2-4-10-23)18-26(34)32-16-13-30(37,14-17-32)24-11-7-15-31-20-24/h2-12,15,20,37H,13-14,16-19,21H2,1H3/t29-/m0/s1. The highest BCUT2D eigenvalue weighted by Crippen LogP contribution is 2.43. The Hall–Kier alpha value is -3.84. The van der Waals surface area contributed by atoms with Crippen molar-refractivity contribution in [1.82, 2.24) is 14.8 Å². The van der Waals surface area contributed by atoms with Crippen molar-refractivity contribution in [3.63, 3.8) is 0 Å². The van der Waals surface area contributed by atoms with Crippen molar-refractivity contribution in [2.45, 2.75) is 50.2 Å². The molecule has 2 fully saturated rings. The maximum Gasteiger partial charge on any atom is 0.241 e. The maximum absolute atomic E-state index is 14.0. The van der Waals surface area contributed by atoms with Crippen LogP contribution in [0.4, 0.5) is 0 Å². The summed E-state index contributed by atoms with van der Waals surface area (Å²) in [6.45, 7) is 2.82. The van der Waals surface area contributed by atoms with Gasteiger partial charge in [0.2, 0.25) is 17.7 Å². The topological polar surface area (TPSA) is 90.8 Å². The molecule has 0 spiro atoms. The zero-order chi connectivity index (χ0) is 26.0. The van der Waals surface area contributed by atoms with Crippen LogP contribution in [0.2, 0.25) is 0 Å². The summed E-state index contributed by atoms with van der Waals surface area (Å²) in [4.78, 5) is 48.0. The number of hydrogen-bond donors (Lipinski definition) is 1. The number of amides is 3. The molecule has 1 aromatic heterocycles. The van der Waals surface area contributed by atoms with Gasteiger partial charge in [-0.05, 0) is 42.5 Å². The number of aryl methyl sites for hydroxylation is 1. The molecule has 0 radical (unpaired) electrons. The van der Waals surface area contributed by atoms with Crippen molar-refractivity contribution in [3.8, 4) is 0 Å². The number of likely N-dealkylation sites (tertiary alicyclic amines) is 2. The van der Waals surface area contributed by atoms with Gasteiger partial charge in [-0.2, -0.15) is 0 Å². The van der Waals surface area contributed by atoms with E-state index in [2.05, 4.69) is 4.98 Å². The molecule has 2 aliphatic rings. The summed E-state index contributed by atoms with van der Waals surface area (Å²) in [5, 5.41) is 11.2. The number of imide groups is 1. The van der Waals surface area contributed by atoms with Crippen LogP contribution in [0.15, 0.2) is 79.1 Å². The average molecular weight is 498 g/mol. The third kappa shape index (κ3) is 4.67. The predicted octanol–water partition coefficient (Wildman–Crippen LogP) is 3.49. The molecule has 0 unspecified atom stereocenters. The molecule has 0 saturated carbocycles. The Morgan fingerprint density at radius 1 is 0.973 bits per heavy atom. The fourth-order valence-electron chi connectivity index (χ4n) is 5.70. The lowest BCUT2D eigenvalue weighted by Crippen LogP contribution is -2.48. The molecule has 1 N–H and O–H groups in total. The normalized spacial score (nSPS) is 21.4. The highest BCUT2D eigenvalue weighted by Gasteiger charge is 2.54. The third-order valence-corrected chi connectivity index (χ3v) is 7.85. The molecule has 2 aliphatic heterocycles. The van der Waals surface area contributed by atoms with Crippen LogP contribution in [0.25, 0.3) is 0 Å². The molecule has 3 heterocycles. The number of carbonyl (C=O) groups is 3. The van der Waals surface area contributed by atoms with E-state index in [4.69, 9.17) is 0 Å². The quantitative estimate of drug-likeness (QED) is 0.527. The summed E-state index contributed by atoms with van der Waals surface area (Å²) in [6, 6.07) is 20.6. The summed E-state index contributed by atoms with van der Waals surface area (Å²) in [6.07, 6.45) is 3.97. The first-order chi connectivity index (χ1) is 17.8. The van der Waals surface area contributed by atoms with Gasteiger partial charge in [-0.1, -0.05) is 60.7 Å². The highest BCUT2D eigenvalue weighted by molar-refractivity contribution is 6.10. The van der Waals surface area contributed by atoms with Crippen molar-refractivity contribution in [1.29, 1.82) is 0 Å². The van der Waals surface area contributed by atoms with Crippen molar-refractivity contribution >= 4 is 17.7 Å². The number of nitrogens with zero attached hydrogens (tertiary/aromatic N) is 3. The van der Waals surface area contributed by atoms with E-state index in [-0.39, 0.29) is 37.1 Å². The van der Waals surface area contributed by atoms with Crippen LogP contribution >= 0.6 is 0 Å². The lowest BCUT2D eigenvalue weighted by atomic mass is 9.73. The maximum atomic E-state index is 14.0. The molecule has 2 aromatic carbocycles. The lowest BCUT2D eigenvalue weighted by molar-refractivity contribution is -0.144. The minimum atomic E-state index is -1.24. The molecule has 5 rings (SSSR count). The first kappa shape index (κ1) is 24.8. The van der Waals surface area contributed by atoms with E-state index in [0.29, 0.717) is 25.9 Å². The molecule has 0 aliphatic carbocycles. The minimum absolute atomic E-state index is 0.0390. The van der Waals surface area contributed by atoms with E-state index >= 15 is 0 Å². The minimum Gasteiger partial charge on any atom is -0.385 e. The Morgan fingerprint density at radius 2 is 1.68 bits per heavy atom. The molecule has 7 nitrogen and oxygen atoms in total. The van der Waals surface area contributed by atoms with Gasteiger partial charge in [-0.3, -0.25) is 24.3 Å². The predicted molar refractivity (Wildman–Crippen MR) is 138 cm³/mol. The van der Waals surface area contributed by atoms with Crippen LogP contribution in [0, 0.1) is 6.92 Å². The second kappa shape index (κ2) is 9.90. The van der Waals surface area contributed by atoms with Gasteiger partial charge in [0.1, 0.15) is 0 Å². The van der Waals surface area contributed by atoms with Crippen molar-refractivity contribution in [2.75, 3.05) is 13.1 Å². The molecule has 0 bridgehead atoms. The van der Waals surface area contributed by atoms with Crippen LogP contribution in [-0.4, -0.2) is 50.7 Å². The molecular formula is C30H31N3O4. The summed E-state index contributed by atoms with van der Waals surface area (Å²) in [5.41, 5.74) is 0.924. The monoisotopic (exact) mass is 497 g/mol. The fraction of sp³-hybridized carbons (Fsp3) is 0.333. The Morgan fingerprint density at radius 3 is 2.35 bits per heavy atom. The summed E-state index contributed by atoms with van der Waals surface area (Å²) in [7, 11) is 0. The number of carbonyl (C=O) groups excluding carboxylic acids is 3. The Kier molecular flexibility index (Phi) is 6.65. The second-order valence-corrected chi connectivity index (χ2v) is 10.2. The largest absolute Gasteiger partial charge is 0.385 e. The zero-order valence-electron chi connectivity index (χ0n) is 21.0. The number of benzene rings is 2. The number of piperidine rings is 1. The van der Waals surface area contributed by atoms with Gasteiger partial charge in [0.25, 0.3) is 0 Å². The second-order valence-electron chi connectivity index (χ2n) is 10.2. The van der Waals surface area contributed by atoms with Gasteiger partial charge in [-0.15, -0.1) is 0 Å². The molecule has 7 heteroatoms. The fourth-order valence-corrected chi connectivity index (χ4v) is 5.70. The smallest absolute Gasteiger partial charge is 0.241 e. The van der Waals surface area contributed by atoms with Crippen molar-refractivity contribution < 1.29 is 19.5 Å². The summed E-state index contributed by atoms with van der Waals surface area (Å²) in [5.74, 6) is -0.776. The van der Waals surface area contributed by atoms with Crippen molar-refractivity contribution in [2.24, 2.45) is 0 Å². The molecular weight excluding hydrogens is 466 g/mol. The Labute approximate surface area is 216 Å². The van der Waals surface area contributed by atoms with Crippen LogP contribution in [0.3, 0.4) is 0 Å². The van der Waals surface area contributed by atoms with E-state index in [1.165, 1.54) is 4.90 Å². The number of rotatable bonds is 6. The molecule has 1 atom stereocenters. The van der Waals surface area contributed by atoms with E-state index in [9.17, 15) is 19.5 Å².